The van der Waals surface area contributed by atoms with Crippen LogP contribution in [0.1, 0.15) is 0 Å². The van der Waals surface area contributed by atoms with Crippen molar-refractivity contribution < 1.29 is 14.3 Å². The zero-order valence-electron chi connectivity index (χ0n) is 15.5. The molecule has 0 spiro atoms. The molecule has 144 valence electrons. The number of fused-ring (bicyclic) bond motifs is 2. The highest BCUT2D eigenvalue weighted by Gasteiger charge is 2.13. The van der Waals surface area contributed by atoms with Gasteiger partial charge >= 0.3 is 6.03 Å². The van der Waals surface area contributed by atoms with Gasteiger partial charge in [-0.25, -0.2) is 9.78 Å². The van der Waals surface area contributed by atoms with E-state index in [2.05, 4.69) is 15.6 Å². The summed E-state index contributed by atoms with van der Waals surface area (Å²) in [5.74, 6) is 1.32. The van der Waals surface area contributed by atoms with Crippen LogP contribution in [-0.4, -0.2) is 28.6 Å². The van der Waals surface area contributed by atoms with Crippen molar-refractivity contribution in [3.05, 3.63) is 73.1 Å². The Morgan fingerprint density at radius 2 is 1.66 bits per heavy atom. The fourth-order valence-corrected chi connectivity index (χ4v) is 3.21. The molecule has 0 fully saturated rings. The van der Waals surface area contributed by atoms with Gasteiger partial charge in [0, 0.05) is 35.4 Å². The predicted octanol–water partition coefficient (Wildman–Crippen LogP) is 4.42. The Labute approximate surface area is 166 Å². The third kappa shape index (κ3) is 3.58. The lowest BCUT2D eigenvalue weighted by Crippen LogP contribution is -2.20. The number of hydrogen-bond donors (Lipinski definition) is 2. The Morgan fingerprint density at radius 3 is 2.48 bits per heavy atom. The summed E-state index contributed by atoms with van der Waals surface area (Å²) in [4.78, 5) is 16.9. The third-order valence-electron chi connectivity index (χ3n) is 4.60. The van der Waals surface area contributed by atoms with Gasteiger partial charge in [0.2, 0.25) is 0 Å². The number of nitrogens with zero attached hydrogens (tertiary/aromatic N) is 2. The molecule has 4 aromatic rings. The van der Waals surface area contributed by atoms with Gasteiger partial charge in [-0.2, -0.15) is 0 Å². The van der Waals surface area contributed by atoms with E-state index >= 15 is 0 Å². The van der Waals surface area contributed by atoms with E-state index in [1.807, 2.05) is 59.3 Å². The molecule has 2 N–H and O–H groups in total. The van der Waals surface area contributed by atoms with E-state index in [9.17, 15) is 4.79 Å². The average Bonchev–Trinajstić information content (AvgIpc) is 3.18. The Balaban J connectivity index is 1.26. The monoisotopic (exact) mass is 386 g/mol. The molecule has 7 nitrogen and oxygen atoms in total. The lowest BCUT2D eigenvalue weighted by atomic mass is 10.1. The van der Waals surface area contributed by atoms with Crippen molar-refractivity contribution in [3.63, 3.8) is 0 Å². The zero-order valence-corrected chi connectivity index (χ0v) is 15.5. The van der Waals surface area contributed by atoms with Gasteiger partial charge in [-0.15, -0.1) is 0 Å². The van der Waals surface area contributed by atoms with Crippen LogP contribution in [0, 0.1) is 0 Å². The Bertz CT molecular complexity index is 1150. The summed E-state index contributed by atoms with van der Waals surface area (Å²) in [7, 11) is 0. The van der Waals surface area contributed by atoms with Gasteiger partial charge in [-0.1, -0.05) is 18.2 Å². The van der Waals surface area contributed by atoms with Crippen LogP contribution in [0.15, 0.2) is 73.1 Å². The van der Waals surface area contributed by atoms with Crippen molar-refractivity contribution in [2.45, 2.75) is 0 Å². The van der Waals surface area contributed by atoms with Crippen molar-refractivity contribution in [1.29, 1.82) is 0 Å². The molecule has 1 aliphatic heterocycles. The molecule has 5 rings (SSSR count). The van der Waals surface area contributed by atoms with Crippen LogP contribution in [0.2, 0.25) is 0 Å². The first-order valence-corrected chi connectivity index (χ1v) is 9.26. The minimum atomic E-state index is -0.331. The molecule has 0 unspecified atom stereocenters. The number of carbonyl (C=O) groups is 1. The SMILES string of the molecule is O=C(Nc1ccc(-c2cn3ccccc3n2)cc1)Nc1ccc2c(c1)OCCO2. The Kier molecular flexibility index (Phi) is 4.25. The first kappa shape index (κ1) is 17.1. The number of ether oxygens (including phenoxy) is 2. The summed E-state index contributed by atoms with van der Waals surface area (Å²) >= 11 is 0. The summed E-state index contributed by atoms with van der Waals surface area (Å²) in [6.07, 6.45) is 3.94. The maximum Gasteiger partial charge on any atom is 0.323 e. The highest BCUT2D eigenvalue weighted by molar-refractivity contribution is 6.00. The van der Waals surface area contributed by atoms with Crippen molar-refractivity contribution >= 4 is 23.1 Å². The van der Waals surface area contributed by atoms with Crippen molar-refractivity contribution in [2.75, 3.05) is 23.8 Å². The molecule has 0 aliphatic carbocycles. The van der Waals surface area contributed by atoms with Crippen LogP contribution in [0.3, 0.4) is 0 Å². The number of urea groups is 1. The number of anilines is 2. The zero-order chi connectivity index (χ0) is 19.6. The number of amides is 2. The predicted molar refractivity (Wildman–Crippen MR) is 111 cm³/mol. The van der Waals surface area contributed by atoms with Crippen LogP contribution in [0.25, 0.3) is 16.9 Å². The molecule has 2 aromatic heterocycles. The van der Waals surface area contributed by atoms with Gasteiger partial charge in [0.15, 0.2) is 11.5 Å². The molecule has 29 heavy (non-hydrogen) atoms. The van der Waals surface area contributed by atoms with Crippen LogP contribution in [0.4, 0.5) is 16.2 Å². The van der Waals surface area contributed by atoms with E-state index in [0.717, 1.165) is 16.9 Å². The smallest absolute Gasteiger partial charge is 0.323 e. The second-order valence-electron chi connectivity index (χ2n) is 6.61. The lowest BCUT2D eigenvalue weighted by molar-refractivity contribution is 0.171. The standard InChI is InChI=1S/C22H18N4O3/c27-22(24-17-8-9-19-20(13-17)29-12-11-28-19)23-16-6-4-15(5-7-16)18-14-26-10-2-1-3-21(26)25-18/h1-10,13-14H,11-12H2,(H2,23,24,27). The molecule has 0 atom stereocenters. The molecule has 7 heteroatoms. The van der Waals surface area contributed by atoms with Crippen molar-refractivity contribution in [3.8, 4) is 22.8 Å². The summed E-state index contributed by atoms with van der Waals surface area (Å²) in [6.45, 7) is 1.03. The molecule has 0 bridgehead atoms. The molecule has 0 saturated heterocycles. The molecular weight excluding hydrogens is 368 g/mol. The minimum Gasteiger partial charge on any atom is -0.486 e. The van der Waals surface area contributed by atoms with Gasteiger partial charge < -0.3 is 24.5 Å². The fraction of sp³-hybridized carbons (Fsp3) is 0.0909. The first-order chi connectivity index (χ1) is 14.2. The maximum atomic E-state index is 12.3. The molecule has 0 saturated carbocycles. The third-order valence-corrected chi connectivity index (χ3v) is 4.60. The number of nitrogens with one attached hydrogen (secondary N) is 2. The average molecular weight is 386 g/mol. The number of pyridine rings is 1. The Hall–Kier alpha value is -4.00. The van der Waals surface area contributed by atoms with E-state index in [0.29, 0.717) is 36.1 Å². The van der Waals surface area contributed by atoms with Gasteiger partial charge in [-0.05, 0) is 36.4 Å². The number of hydrogen-bond acceptors (Lipinski definition) is 4. The van der Waals surface area contributed by atoms with Crippen LogP contribution in [0.5, 0.6) is 11.5 Å². The summed E-state index contributed by atoms with van der Waals surface area (Å²) in [6, 6.07) is 18.4. The minimum absolute atomic E-state index is 0.331. The summed E-state index contributed by atoms with van der Waals surface area (Å²) in [5.41, 5.74) is 4.07. The number of imidazole rings is 1. The first-order valence-electron chi connectivity index (χ1n) is 9.26. The quantitative estimate of drug-likeness (QED) is 0.547. The van der Waals surface area contributed by atoms with Gasteiger partial charge in [0.25, 0.3) is 0 Å². The molecule has 1 aliphatic rings. The number of rotatable bonds is 3. The van der Waals surface area contributed by atoms with Crippen molar-refractivity contribution in [2.24, 2.45) is 0 Å². The van der Waals surface area contributed by atoms with E-state index in [4.69, 9.17) is 9.47 Å². The van der Waals surface area contributed by atoms with Crippen LogP contribution < -0.4 is 20.1 Å². The van der Waals surface area contributed by atoms with Gasteiger partial charge in [0.1, 0.15) is 18.9 Å². The van der Waals surface area contributed by atoms with Gasteiger partial charge in [-0.3, -0.25) is 0 Å². The lowest BCUT2D eigenvalue weighted by Gasteiger charge is -2.19. The second kappa shape index (κ2) is 7.20. The molecule has 3 heterocycles. The van der Waals surface area contributed by atoms with E-state index in [1.165, 1.54) is 0 Å². The topological polar surface area (TPSA) is 76.9 Å². The normalized spacial score (nSPS) is 12.6. The highest BCUT2D eigenvalue weighted by atomic mass is 16.6. The number of aromatic nitrogens is 2. The Morgan fingerprint density at radius 1 is 0.897 bits per heavy atom. The maximum absolute atomic E-state index is 12.3. The molecular formula is C22H18N4O3. The molecule has 2 amide bonds. The van der Waals surface area contributed by atoms with E-state index in [1.54, 1.807) is 18.2 Å². The van der Waals surface area contributed by atoms with Crippen LogP contribution >= 0.6 is 0 Å². The van der Waals surface area contributed by atoms with Crippen molar-refractivity contribution in [1.82, 2.24) is 9.38 Å². The van der Waals surface area contributed by atoms with Crippen LogP contribution in [-0.2, 0) is 0 Å². The molecule has 2 aromatic carbocycles. The van der Waals surface area contributed by atoms with E-state index in [-0.39, 0.29) is 6.03 Å². The largest absolute Gasteiger partial charge is 0.486 e. The second-order valence-corrected chi connectivity index (χ2v) is 6.61. The fourth-order valence-electron chi connectivity index (χ4n) is 3.21. The molecule has 0 radical (unpaired) electrons. The number of benzene rings is 2. The summed E-state index contributed by atoms with van der Waals surface area (Å²) in [5, 5.41) is 5.63. The van der Waals surface area contributed by atoms with Gasteiger partial charge in [0.05, 0.1) is 5.69 Å². The highest BCUT2D eigenvalue weighted by Crippen LogP contribution is 2.32. The number of carbonyl (C=O) groups excluding carboxylic acids is 1. The summed E-state index contributed by atoms with van der Waals surface area (Å²) < 4.78 is 13.0. The van der Waals surface area contributed by atoms with E-state index < -0.39 is 0 Å².